The van der Waals surface area contributed by atoms with E-state index in [9.17, 15) is 13.2 Å². The van der Waals surface area contributed by atoms with Crippen LogP contribution in [0.15, 0.2) is 83.8 Å². The lowest BCUT2D eigenvalue weighted by Gasteiger charge is -2.12. The molecule has 0 unspecified atom stereocenters. The van der Waals surface area contributed by atoms with Crippen molar-refractivity contribution < 1.29 is 13.2 Å². The summed E-state index contributed by atoms with van der Waals surface area (Å²) in [5, 5.41) is 2.82. The number of anilines is 1. The fourth-order valence-electron chi connectivity index (χ4n) is 2.80. The van der Waals surface area contributed by atoms with Crippen molar-refractivity contribution in [3.8, 4) is 0 Å². The van der Waals surface area contributed by atoms with Gasteiger partial charge in [-0.2, -0.15) is 0 Å². The lowest BCUT2D eigenvalue weighted by molar-refractivity contribution is 0.0951. The number of hydrogen-bond acceptors (Lipinski definition) is 3. The molecule has 0 radical (unpaired) electrons. The number of sulfonamides is 1. The molecular weight excluding hydrogens is 372 g/mol. The molecule has 1 amide bonds. The molecule has 3 rings (SSSR count). The van der Waals surface area contributed by atoms with Gasteiger partial charge < -0.3 is 5.32 Å². The summed E-state index contributed by atoms with van der Waals surface area (Å²) in [5.41, 5.74) is 2.88. The third kappa shape index (κ3) is 4.78. The van der Waals surface area contributed by atoms with Crippen LogP contribution in [0.3, 0.4) is 0 Å². The number of benzene rings is 3. The minimum absolute atomic E-state index is 0.109. The molecule has 0 atom stereocenters. The maximum absolute atomic E-state index is 12.6. The van der Waals surface area contributed by atoms with Gasteiger partial charge in [-0.25, -0.2) is 8.42 Å². The second-order valence-electron chi connectivity index (χ2n) is 6.31. The number of carbonyl (C=O) groups is 1. The van der Waals surface area contributed by atoms with Crippen molar-refractivity contribution >= 4 is 21.6 Å². The average Bonchev–Trinajstić information content (AvgIpc) is 2.73. The highest BCUT2D eigenvalue weighted by atomic mass is 32.2. The zero-order chi connectivity index (χ0) is 20.0. The largest absolute Gasteiger partial charge is 0.348 e. The number of nitrogens with one attached hydrogen (secondary N) is 2. The number of para-hydroxylation sites is 1. The predicted octanol–water partition coefficient (Wildman–Crippen LogP) is 3.98. The maximum Gasteiger partial charge on any atom is 0.261 e. The second-order valence-corrected chi connectivity index (χ2v) is 7.99. The molecule has 2 N–H and O–H groups in total. The Bertz CT molecular complexity index is 1050. The summed E-state index contributed by atoms with van der Waals surface area (Å²) in [7, 11) is -3.73. The molecule has 0 spiro atoms. The maximum atomic E-state index is 12.6. The first-order valence-electron chi connectivity index (χ1n) is 9.02. The van der Waals surface area contributed by atoms with E-state index in [1.54, 1.807) is 12.1 Å². The van der Waals surface area contributed by atoms with E-state index in [-0.39, 0.29) is 10.8 Å². The van der Waals surface area contributed by atoms with Crippen LogP contribution >= 0.6 is 0 Å². The van der Waals surface area contributed by atoms with Gasteiger partial charge in [-0.05, 0) is 47.9 Å². The first-order chi connectivity index (χ1) is 13.5. The Labute approximate surface area is 165 Å². The summed E-state index contributed by atoms with van der Waals surface area (Å²) < 4.78 is 27.9. The van der Waals surface area contributed by atoms with Crippen molar-refractivity contribution in [2.24, 2.45) is 0 Å². The van der Waals surface area contributed by atoms with Crippen LogP contribution in [0.2, 0.25) is 0 Å². The Morgan fingerprint density at radius 3 is 2.18 bits per heavy atom. The molecular formula is C22H22N2O3S. The third-order valence-corrected chi connectivity index (χ3v) is 5.75. The predicted molar refractivity (Wildman–Crippen MR) is 111 cm³/mol. The second kappa shape index (κ2) is 8.71. The van der Waals surface area contributed by atoms with E-state index >= 15 is 0 Å². The molecule has 144 valence electrons. The summed E-state index contributed by atoms with van der Waals surface area (Å²) in [6.07, 6.45) is 0.721. The third-order valence-electron chi connectivity index (χ3n) is 4.37. The molecule has 0 aliphatic heterocycles. The molecule has 0 fully saturated rings. The normalized spacial score (nSPS) is 11.0. The molecule has 28 heavy (non-hydrogen) atoms. The van der Waals surface area contributed by atoms with Gasteiger partial charge in [-0.3, -0.25) is 9.52 Å². The lowest BCUT2D eigenvalue weighted by atomic mass is 10.1. The van der Waals surface area contributed by atoms with Gasteiger partial charge in [0, 0.05) is 12.1 Å². The molecule has 0 saturated carbocycles. The van der Waals surface area contributed by atoms with E-state index in [1.165, 1.54) is 24.3 Å². The fourth-order valence-corrected chi connectivity index (χ4v) is 3.90. The standard InChI is InChI=1S/C22H22N2O3S/c1-2-18-10-6-7-11-21(18)24-28(26,27)20-14-12-19(13-15-20)22(25)23-16-17-8-4-3-5-9-17/h3-15,24H,2,16H2,1H3,(H,23,25). The molecule has 5 nitrogen and oxygen atoms in total. The van der Waals surface area contributed by atoms with Gasteiger partial charge in [0.1, 0.15) is 0 Å². The van der Waals surface area contributed by atoms with Crippen molar-refractivity contribution in [2.75, 3.05) is 4.72 Å². The van der Waals surface area contributed by atoms with Gasteiger partial charge in [-0.1, -0.05) is 55.5 Å². The van der Waals surface area contributed by atoms with E-state index in [4.69, 9.17) is 0 Å². The summed E-state index contributed by atoms with van der Waals surface area (Å²) in [4.78, 5) is 12.4. The van der Waals surface area contributed by atoms with Crippen LogP contribution in [0, 0.1) is 0 Å². The van der Waals surface area contributed by atoms with Crippen molar-refractivity contribution in [1.29, 1.82) is 0 Å². The Morgan fingerprint density at radius 2 is 1.50 bits per heavy atom. The molecule has 0 bridgehead atoms. The molecule has 0 heterocycles. The van der Waals surface area contributed by atoms with Crippen molar-refractivity contribution in [3.63, 3.8) is 0 Å². The van der Waals surface area contributed by atoms with Gasteiger partial charge in [0.25, 0.3) is 15.9 Å². The molecule has 0 aliphatic rings. The van der Waals surface area contributed by atoms with E-state index in [1.807, 2.05) is 49.4 Å². The number of carbonyl (C=O) groups excluding carboxylic acids is 1. The lowest BCUT2D eigenvalue weighted by Crippen LogP contribution is -2.23. The smallest absolute Gasteiger partial charge is 0.261 e. The topological polar surface area (TPSA) is 75.3 Å². The molecule has 0 aromatic heterocycles. The van der Waals surface area contributed by atoms with Crippen LogP contribution in [-0.4, -0.2) is 14.3 Å². The van der Waals surface area contributed by atoms with Gasteiger partial charge in [0.2, 0.25) is 0 Å². The molecule has 3 aromatic carbocycles. The minimum Gasteiger partial charge on any atom is -0.348 e. The van der Waals surface area contributed by atoms with Crippen molar-refractivity contribution in [1.82, 2.24) is 5.32 Å². The van der Waals surface area contributed by atoms with Crippen LogP contribution < -0.4 is 10.0 Å². The zero-order valence-electron chi connectivity index (χ0n) is 15.6. The van der Waals surface area contributed by atoms with Crippen molar-refractivity contribution in [3.05, 3.63) is 95.6 Å². The Hall–Kier alpha value is -3.12. The summed E-state index contributed by atoms with van der Waals surface area (Å²) in [6.45, 7) is 2.38. The van der Waals surface area contributed by atoms with Gasteiger partial charge >= 0.3 is 0 Å². The van der Waals surface area contributed by atoms with Gasteiger partial charge in [0.05, 0.1) is 10.6 Å². The van der Waals surface area contributed by atoms with E-state index in [2.05, 4.69) is 10.0 Å². The zero-order valence-corrected chi connectivity index (χ0v) is 16.4. The minimum atomic E-state index is -3.73. The first-order valence-corrected chi connectivity index (χ1v) is 10.5. The highest BCUT2D eigenvalue weighted by molar-refractivity contribution is 7.92. The molecule has 6 heteroatoms. The molecule has 0 saturated heterocycles. The van der Waals surface area contributed by atoms with Crippen molar-refractivity contribution in [2.45, 2.75) is 24.8 Å². The number of hydrogen-bond donors (Lipinski definition) is 2. The molecule has 0 aliphatic carbocycles. The number of rotatable bonds is 7. The number of aryl methyl sites for hydroxylation is 1. The highest BCUT2D eigenvalue weighted by Crippen LogP contribution is 2.20. The average molecular weight is 394 g/mol. The monoisotopic (exact) mass is 394 g/mol. The summed E-state index contributed by atoms with van der Waals surface area (Å²) >= 11 is 0. The van der Waals surface area contributed by atoms with Gasteiger partial charge in [0.15, 0.2) is 0 Å². The van der Waals surface area contributed by atoms with E-state index in [0.29, 0.717) is 17.8 Å². The Morgan fingerprint density at radius 1 is 0.857 bits per heavy atom. The van der Waals surface area contributed by atoms with Crippen LogP contribution in [0.5, 0.6) is 0 Å². The van der Waals surface area contributed by atoms with E-state index < -0.39 is 10.0 Å². The summed E-state index contributed by atoms with van der Waals surface area (Å²) in [6, 6.07) is 22.8. The number of amides is 1. The van der Waals surface area contributed by atoms with Crippen LogP contribution in [0.4, 0.5) is 5.69 Å². The fraction of sp³-hybridized carbons (Fsp3) is 0.136. The van der Waals surface area contributed by atoms with Crippen LogP contribution in [0.25, 0.3) is 0 Å². The van der Waals surface area contributed by atoms with Crippen LogP contribution in [-0.2, 0) is 23.0 Å². The van der Waals surface area contributed by atoms with E-state index in [0.717, 1.165) is 17.5 Å². The molecule has 3 aromatic rings. The summed E-state index contributed by atoms with van der Waals surface area (Å²) in [5.74, 6) is -0.253. The first kappa shape index (κ1) is 19.6. The Kier molecular flexibility index (Phi) is 6.11. The highest BCUT2D eigenvalue weighted by Gasteiger charge is 2.16. The quantitative estimate of drug-likeness (QED) is 0.636. The Balaban J connectivity index is 1.69. The SMILES string of the molecule is CCc1ccccc1NS(=O)(=O)c1ccc(C(=O)NCc2ccccc2)cc1. The van der Waals surface area contributed by atoms with Crippen LogP contribution in [0.1, 0.15) is 28.4 Å². The van der Waals surface area contributed by atoms with Gasteiger partial charge in [-0.15, -0.1) is 0 Å².